The molecule has 0 N–H and O–H groups in total. The van der Waals surface area contributed by atoms with Gasteiger partial charge < -0.3 is 32.8 Å². The predicted octanol–water partition coefficient (Wildman–Crippen LogP) is 23.6. The molecule has 4 aromatic heterocycles. The lowest BCUT2D eigenvalue weighted by Gasteiger charge is -2.46. The van der Waals surface area contributed by atoms with Crippen molar-refractivity contribution in [1.82, 2.24) is 18.3 Å². The van der Waals surface area contributed by atoms with Gasteiger partial charge in [0.1, 0.15) is 0 Å². The Morgan fingerprint density at radius 3 is 1.44 bits per heavy atom. The predicted molar refractivity (Wildman–Crippen MR) is 496 cm³/mol. The summed E-state index contributed by atoms with van der Waals surface area (Å²) in [4.78, 5) is 5.29. The number of ether oxygens (including phenoxy) is 1. The Bertz CT molecular complexity index is 7990. The molecular weight excluding hydrogens is 1430 g/mol. The van der Waals surface area contributed by atoms with Crippen LogP contribution in [0.25, 0.3) is 121 Å². The monoisotopic (exact) mass is 1510 g/mol. The first-order valence-electron chi connectivity index (χ1n) is 42.0. The van der Waals surface area contributed by atoms with Crippen molar-refractivity contribution >= 4 is 168 Å². The van der Waals surface area contributed by atoms with Crippen LogP contribution in [0.1, 0.15) is 97.2 Å². The SMILES string of the molecule is Cc1cccc(C)c1N1c2cc3c(cc2B2c4cc5c6ccccc6n6c5c(c4C(C)(C)c4cccc1c42)Oc1ccccc1-6)c1ccc(-c2cccc(N4c5cc6c(cc5B5c7cc8c9c(c7C(C)(C)c7cccc4c75)c4ccccc4n9-c4ccccc4C8(C)C)c4ccccc4n6-c4ccccc4)c2)cc1n3-c1c(C)cccc1C. The Morgan fingerprint density at radius 1 is 0.271 bits per heavy atom. The molecule has 0 saturated heterocycles. The standard InChI is InChI=1S/C109H80B2N6O/c1-61-29-24-30-62(2)102(61)116-90-49-28-42-78-101(90)110(82-57-75-70-38-15-19-44-85(70)115-88-47-22-23-50-96(88)118-106(104(75)115)99(82)109(78,9)10)81-56-74-71-52-51-66(54-91(71)117(93(74)60-95(81)116)103-63(3)31-25-32-64(103)4)65-33-26-36-68(53-65)113-89-48-27-41-77-100(89)111(80-55-73-69-37-14-18-43-84(69)112(92(73)59-94(80)113)67-34-12-11-13-35-67)83-58-79-105-97(98(83)108(77,7)8)72-39-16-20-45-86(72)114(105)87-46-21-17-40-76(87)107(79,5)6/h11-60H,1-10H3. The highest BCUT2D eigenvalue weighted by molar-refractivity contribution is 7.00. The Kier molecular flexibility index (Phi) is 12.9. The maximum atomic E-state index is 7.49. The second-order valence-electron chi connectivity index (χ2n) is 36.0. The van der Waals surface area contributed by atoms with E-state index in [0.717, 1.165) is 50.7 Å². The molecule has 0 unspecified atom stereocenters. The van der Waals surface area contributed by atoms with Crippen molar-refractivity contribution in [2.45, 2.75) is 85.5 Å². The van der Waals surface area contributed by atoms with E-state index in [1.807, 2.05) is 0 Å². The number of fused-ring (bicyclic) bond motifs is 26. The summed E-state index contributed by atoms with van der Waals surface area (Å²) in [5, 5.41) is 10.0. The summed E-state index contributed by atoms with van der Waals surface area (Å²) in [6.45, 7) is 23.8. The summed E-state index contributed by atoms with van der Waals surface area (Å²) in [7, 11) is 0. The van der Waals surface area contributed by atoms with Crippen molar-refractivity contribution in [2.24, 2.45) is 0 Å². The van der Waals surface area contributed by atoms with Crippen LogP contribution in [0.2, 0.25) is 0 Å². The minimum atomic E-state index is -0.466. The number of aromatic nitrogens is 4. The van der Waals surface area contributed by atoms with Crippen LogP contribution >= 0.6 is 0 Å². The molecule has 0 atom stereocenters. The zero-order chi connectivity index (χ0) is 78.7. The first kappa shape index (κ1) is 66.5. The second-order valence-corrected chi connectivity index (χ2v) is 36.0. The van der Waals surface area contributed by atoms with Gasteiger partial charge in [-0.15, -0.1) is 0 Å². The van der Waals surface area contributed by atoms with Crippen LogP contribution in [0.4, 0.5) is 34.1 Å². The van der Waals surface area contributed by atoms with Crippen molar-refractivity contribution in [3.05, 3.63) is 359 Å². The third kappa shape index (κ3) is 8.26. The molecule has 26 rings (SSSR count). The molecule has 0 fully saturated rings. The fourth-order valence-electron chi connectivity index (χ4n) is 23.9. The van der Waals surface area contributed by atoms with Gasteiger partial charge in [-0.25, -0.2) is 0 Å². The molecule has 7 nitrogen and oxygen atoms in total. The average Bonchev–Trinajstić information content (AvgIpc) is 1.33. The van der Waals surface area contributed by atoms with E-state index in [-0.39, 0.29) is 18.8 Å². The van der Waals surface area contributed by atoms with Gasteiger partial charge >= 0.3 is 0 Å². The third-order valence-corrected chi connectivity index (χ3v) is 28.8. The molecule has 0 spiro atoms. The fraction of sp³-hybridized carbons (Fsp3) is 0.119. The quantitative estimate of drug-likeness (QED) is 0.161. The highest BCUT2D eigenvalue weighted by Crippen LogP contribution is 2.57. The Labute approximate surface area is 685 Å². The number of hydrogen-bond donors (Lipinski definition) is 0. The highest BCUT2D eigenvalue weighted by Gasteiger charge is 2.52. The van der Waals surface area contributed by atoms with Gasteiger partial charge in [-0.05, 0) is 202 Å². The van der Waals surface area contributed by atoms with E-state index in [2.05, 4.69) is 401 Å². The second kappa shape index (κ2) is 22.9. The lowest BCUT2D eigenvalue weighted by atomic mass is 9.29. The summed E-state index contributed by atoms with van der Waals surface area (Å²) in [5.41, 5.74) is 43.5. The number of aryl methyl sites for hydroxylation is 4. The van der Waals surface area contributed by atoms with E-state index >= 15 is 0 Å². The van der Waals surface area contributed by atoms with Crippen LogP contribution in [-0.4, -0.2) is 31.7 Å². The van der Waals surface area contributed by atoms with Gasteiger partial charge in [0.05, 0.1) is 66.9 Å². The van der Waals surface area contributed by atoms with Gasteiger partial charge in [-0.2, -0.15) is 0 Å². The van der Waals surface area contributed by atoms with Crippen LogP contribution in [0.3, 0.4) is 0 Å². The van der Waals surface area contributed by atoms with Crippen molar-refractivity contribution in [3.8, 4) is 45.4 Å². The Hall–Kier alpha value is -13.8. The maximum absolute atomic E-state index is 7.49. The smallest absolute Gasteiger partial charge is 0.247 e. The molecular formula is C109H80B2N6O. The van der Waals surface area contributed by atoms with Gasteiger partial charge in [0.15, 0.2) is 11.5 Å². The lowest BCUT2D eigenvalue weighted by Crippen LogP contribution is -2.64. The van der Waals surface area contributed by atoms with E-state index < -0.39 is 10.8 Å². The Morgan fingerprint density at radius 2 is 0.746 bits per heavy atom. The van der Waals surface area contributed by atoms with Crippen LogP contribution in [0.15, 0.2) is 303 Å². The lowest BCUT2D eigenvalue weighted by molar-refractivity contribution is 0.458. The topological polar surface area (TPSA) is 35.4 Å². The van der Waals surface area contributed by atoms with E-state index in [4.69, 9.17) is 4.74 Å². The first-order chi connectivity index (χ1) is 57.5. The third-order valence-electron chi connectivity index (χ3n) is 28.8. The van der Waals surface area contributed by atoms with E-state index in [9.17, 15) is 0 Å². The molecule has 10 heterocycles. The highest BCUT2D eigenvalue weighted by atomic mass is 16.5. The van der Waals surface area contributed by atoms with E-state index in [0.29, 0.717) is 0 Å². The molecule has 558 valence electrons. The molecule has 0 aliphatic carbocycles. The molecule has 16 aromatic carbocycles. The van der Waals surface area contributed by atoms with Crippen LogP contribution in [0.5, 0.6) is 11.5 Å². The molecule has 0 radical (unpaired) electrons. The molecule has 0 amide bonds. The van der Waals surface area contributed by atoms with Gasteiger partial charge in [-0.1, -0.05) is 265 Å². The fourth-order valence-corrected chi connectivity index (χ4v) is 23.9. The van der Waals surface area contributed by atoms with Crippen LogP contribution in [0, 0.1) is 27.7 Å². The number of rotatable bonds is 5. The summed E-state index contributed by atoms with van der Waals surface area (Å²) in [6, 6.07) is 117. The van der Waals surface area contributed by atoms with E-state index in [1.165, 1.54) is 204 Å². The molecule has 6 aliphatic heterocycles. The van der Waals surface area contributed by atoms with E-state index in [1.54, 1.807) is 0 Å². The molecule has 118 heavy (non-hydrogen) atoms. The number of benzene rings is 16. The minimum Gasteiger partial charge on any atom is -0.453 e. The number of hydrogen-bond acceptors (Lipinski definition) is 3. The summed E-state index contributed by atoms with van der Waals surface area (Å²) >= 11 is 0. The molecule has 0 bridgehead atoms. The average molecular weight is 1510 g/mol. The number of nitrogens with zero attached hydrogens (tertiary/aromatic N) is 6. The number of para-hydroxylation sites is 9. The van der Waals surface area contributed by atoms with Crippen LogP contribution in [-0.2, 0) is 16.2 Å². The zero-order valence-corrected chi connectivity index (χ0v) is 67.6. The van der Waals surface area contributed by atoms with Crippen molar-refractivity contribution < 1.29 is 4.74 Å². The molecule has 0 saturated carbocycles. The van der Waals surface area contributed by atoms with Crippen molar-refractivity contribution in [1.29, 1.82) is 0 Å². The van der Waals surface area contributed by atoms with Gasteiger partial charge in [0.25, 0.3) is 0 Å². The molecule has 6 aliphatic rings. The Balaban J connectivity index is 0.715. The van der Waals surface area contributed by atoms with Crippen molar-refractivity contribution in [3.63, 3.8) is 0 Å². The number of anilines is 6. The summed E-state index contributed by atoms with van der Waals surface area (Å²) in [5.74, 6) is 1.82. The molecule has 9 heteroatoms. The van der Waals surface area contributed by atoms with Gasteiger partial charge in [0.2, 0.25) is 13.4 Å². The normalized spacial score (nSPS) is 15.1. The minimum absolute atomic E-state index is 0.102. The van der Waals surface area contributed by atoms with Crippen molar-refractivity contribution in [2.75, 3.05) is 9.80 Å². The summed E-state index contributed by atoms with van der Waals surface area (Å²) < 4.78 is 17.7. The van der Waals surface area contributed by atoms with Gasteiger partial charge in [-0.3, -0.25) is 0 Å². The largest absolute Gasteiger partial charge is 0.453 e. The maximum Gasteiger partial charge on any atom is 0.247 e. The van der Waals surface area contributed by atoms with Crippen LogP contribution < -0.4 is 47.3 Å². The van der Waals surface area contributed by atoms with Gasteiger partial charge in [0, 0.05) is 99.0 Å². The summed E-state index contributed by atoms with van der Waals surface area (Å²) in [6.07, 6.45) is 0. The first-order valence-corrected chi connectivity index (χ1v) is 42.0. The zero-order valence-electron chi connectivity index (χ0n) is 67.6. The molecule has 20 aromatic rings.